The van der Waals surface area contributed by atoms with E-state index in [0.717, 1.165) is 36.1 Å². The third-order valence-corrected chi connectivity index (χ3v) is 4.52. The number of nitrogens with one attached hydrogen (secondary N) is 1. The molecule has 1 saturated carbocycles. The van der Waals surface area contributed by atoms with Crippen LogP contribution in [-0.4, -0.2) is 24.1 Å². The van der Waals surface area contributed by atoms with Crippen LogP contribution in [0.4, 0.5) is 0 Å². The second-order valence-corrected chi connectivity index (χ2v) is 6.98. The van der Waals surface area contributed by atoms with E-state index >= 15 is 0 Å². The second kappa shape index (κ2) is 7.70. The maximum atomic E-state index is 12.4. The summed E-state index contributed by atoms with van der Waals surface area (Å²) in [7, 11) is 0. The number of nitrogens with two attached hydrogens (primary N) is 1. The van der Waals surface area contributed by atoms with E-state index in [1.165, 1.54) is 0 Å². The van der Waals surface area contributed by atoms with Crippen LogP contribution in [0.1, 0.15) is 43.5 Å². The Balaban J connectivity index is 1.73. The molecule has 0 unspecified atom stereocenters. The zero-order valence-corrected chi connectivity index (χ0v) is 14.9. The molecule has 2 aromatic carbocycles. The van der Waals surface area contributed by atoms with Gasteiger partial charge < -0.3 is 15.8 Å². The van der Waals surface area contributed by atoms with Gasteiger partial charge in [-0.25, -0.2) is 0 Å². The lowest BCUT2D eigenvalue weighted by molar-refractivity contribution is 0.0937. The van der Waals surface area contributed by atoms with Gasteiger partial charge in [0.2, 0.25) is 0 Å². The molecule has 1 fully saturated rings. The predicted octanol–water partition coefficient (Wildman–Crippen LogP) is 3.75. The first-order valence-corrected chi connectivity index (χ1v) is 8.95. The maximum absolute atomic E-state index is 12.4. The predicted molar refractivity (Wildman–Crippen MR) is 101 cm³/mol. The minimum absolute atomic E-state index is 0.0302. The minimum Gasteiger partial charge on any atom is -0.490 e. The van der Waals surface area contributed by atoms with E-state index in [2.05, 4.69) is 5.32 Å². The van der Waals surface area contributed by atoms with E-state index in [-0.39, 0.29) is 24.1 Å². The van der Waals surface area contributed by atoms with Crippen LogP contribution in [0.15, 0.2) is 48.5 Å². The van der Waals surface area contributed by atoms with Crippen molar-refractivity contribution >= 4 is 5.91 Å². The number of benzene rings is 2. The second-order valence-electron chi connectivity index (χ2n) is 6.98. The molecule has 4 heteroatoms. The molecule has 0 aromatic heterocycles. The molecule has 3 rings (SSSR count). The molecule has 0 aliphatic heterocycles. The lowest BCUT2D eigenvalue weighted by atomic mass is 10.0. The highest BCUT2D eigenvalue weighted by Crippen LogP contribution is 2.30. The highest BCUT2D eigenvalue weighted by molar-refractivity contribution is 5.95. The summed E-state index contributed by atoms with van der Waals surface area (Å²) in [6.07, 6.45) is 2.93. The van der Waals surface area contributed by atoms with Crippen LogP contribution >= 0.6 is 0 Å². The van der Waals surface area contributed by atoms with Crippen LogP contribution in [-0.2, 0) is 0 Å². The van der Waals surface area contributed by atoms with Crippen molar-refractivity contribution in [2.24, 2.45) is 5.73 Å². The molecule has 25 heavy (non-hydrogen) atoms. The van der Waals surface area contributed by atoms with Crippen molar-refractivity contribution in [1.29, 1.82) is 0 Å². The number of hydrogen-bond acceptors (Lipinski definition) is 3. The molecule has 1 aliphatic rings. The molecule has 3 N–H and O–H groups in total. The van der Waals surface area contributed by atoms with Crippen LogP contribution in [0.25, 0.3) is 11.1 Å². The number of carbonyl (C=O) groups excluding carboxylic acids is 1. The Bertz CT molecular complexity index is 725. The molecule has 4 nitrogen and oxygen atoms in total. The summed E-state index contributed by atoms with van der Waals surface area (Å²) in [5, 5.41) is 3.08. The van der Waals surface area contributed by atoms with Gasteiger partial charge in [-0.3, -0.25) is 4.79 Å². The number of ether oxygens (including phenoxy) is 1. The largest absolute Gasteiger partial charge is 0.490 e. The van der Waals surface area contributed by atoms with Crippen molar-refractivity contribution in [2.75, 3.05) is 0 Å². The van der Waals surface area contributed by atoms with E-state index in [0.29, 0.717) is 5.56 Å². The fraction of sp³-hybridized carbons (Fsp3) is 0.381. The third kappa shape index (κ3) is 4.40. The van der Waals surface area contributed by atoms with Crippen LogP contribution < -0.4 is 15.8 Å². The standard InChI is InChI=1S/C21H26N2O2/c1-14(2)25-20-6-4-3-5-19(20)15-7-9-16(10-8-15)21(24)23-18-12-11-17(22)13-18/h3-10,14,17-18H,11-13,22H2,1-2H3,(H,23,24)/t17-,18+/m1/s1. The van der Waals surface area contributed by atoms with Gasteiger partial charge in [0.15, 0.2) is 0 Å². The topological polar surface area (TPSA) is 64.3 Å². The Morgan fingerprint density at radius 1 is 1.12 bits per heavy atom. The molecule has 0 saturated heterocycles. The lowest BCUT2D eigenvalue weighted by Gasteiger charge is -2.15. The Morgan fingerprint density at radius 2 is 1.84 bits per heavy atom. The normalized spacial score (nSPS) is 19.8. The van der Waals surface area contributed by atoms with Crippen molar-refractivity contribution in [3.8, 4) is 16.9 Å². The van der Waals surface area contributed by atoms with Gasteiger partial charge in [-0.05, 0) is 56.9 Å². The fourth-order valence-electron chi connectivity index (χ4n) is 3.28. The quantitative estimate of drug-likeness (QED) is 0.872. The SMILES string of the molecule is CC(C)Oc1ccccc1-c1ccc(C(=O)N[C@H]2CC[C@@H](N)C2)cc1. The van der Waals surface area contributed by atoms with Crippen LogP contribution in [0.2, 0.25) is 0 Å². The molecule has 0 radical (unpaired) electrons. The van der Waals surface area contributed by atoms with Gasteiger partial charge in [0.25, 0.3) is 5.91 Å². The summed E-state index contributed by atoms with van der Waals surface area (Å²) in [6, 6.07) is 16.0. The van der Waals surface area contributed by atoms with Crippen LogP contribution in [0, 0.1) is 0 Å². The first-order valence-electron chi connectivity index (χ1n) is 8.95. The molecular weight excluding hydrogens is 312 g/mol. The summed E-state index contributed by atoms with van der Waals surface area (Å²) in [5.41, 5.74) is 8.65. The van der Waals surface area contributed by atoms with Crippen molar-refractivity contribution in [2.45, 2.75) is 51.3 Å². The maximum Gasteiger partial charge on any atom is 0.251 e. The molecule has 2 atom stereocenters. The minimum atomic E-state index is -0.0302. The first kappa shape index (κ1) is 17.5. The summed E-state index contributed by atoms with van der Waals surface area (Å²) in [5.74, 6) is 0.826. The molecule has 2 aromatic rings. The van der Waals surface area contributed by atoms with Gasteiger partial charge in [-0.15, -0.1) is 0 Å². The molecule has 0 spiro atoms. The first-order chi connectivity index (χ1) is 12.0. The molecule has 1 aliphatic carbocycles. The Morgan fingerprint density at radius 3 is 2.48 bits per heavy atom. The number of rotatable bonds is 5. The fourth-order valence-corrected chi connectivity index (χ4v) is 3.28. The van der Waals surface area contributed by atoms with Gasteiger partial charge in [0.05, 0.1) is 6.10 Å². The number of amides is 1. The van der Waals surface area contributed by atoms with Crippen molar-refractivity contribution < 1.29 is 9.53 Å². The van der Waals surface area contributed by atoms with Crippen molar-refractivity contribution in [3.05, 3.63) is 54.1 Å². The van der Waals surface area contributed by atoms with Crippen LogP contribution in [0.5, 0.6) is 5.75 Å². The highest BCUT2D eigenvalue weighted by Gasteiger charge is 2.23. The summed E-state index contributed by atoms with van der Waals surface area (Å²) >= 11 is 0. The van der Waals surface area contributed by atoms with E-state index in [4.69, 9.17) is 10.5 Å². The summed E-state index contributed by atoms with van der Waals surface area (Å²) < 4.78 is 5.89. The highest BCUT2D eigenvalue weighted by atomic mass is 16.5. The van der Waals surface area contributed by atoms with Gasteiger partial charge >= 0.3 is 0 Å². The van der Waals surface area contributed by atoms with Gasteiger partial charge in [-0.2, -0.15) is 0 Å². The third-order valence-electron chi connectivity index (χ3n) is 4.52. The van der Waals surface area contributed by atoms with Crippen molar-refractivity contribution in [1.82, 2.24) is 5.32 Å². The average molecular weight is 338 g/mol. The van der Waals surface area contributed by atoms with E-state index in [1.807, 2.05) is 62.4 Å². The number of para-hydroxylation sites is 1. The van der Waals surface area contributed by atoms with Gasteiger partial charge in [0.1, 0.15) is 5.75 Å². The Kier molecular flexibility index (Phi) is 5.39. The smallest absolute Gasteiger partial charge is 0.251 e. The van der Waals surface area contributed by atoms with E-state index < -0.39 is 0 Å². The van der Waals surface area contributed by atoms with Gasteiger partial charge in [-0.1, -0.05) is 30.3 Å². The number of carbonyl (C=O) groups is 1. The van der Waals surface area contributed by atoms with Gasteiger partial charge in [0, 0.05) is 23.2 Å². The molecule has 132 valence electrons. The summed E-state index contributed by atoms with van der Waals surface area (Å²) in [4.78, 5) is 12.4. The molecule has 1 amide bonds. The molecule has 0 heterocycles. The Hall–Kier alpha value is -2.33. The lowest BCUT2D eigenvalue weighted by Crippen LogP contribution is -2.33. The Labute approximate surface area is 149 Å². The van der Waals surface area contributed by atoms with E-state index in [9.17, 15) is 4.79 Å². The molecule has 0 bridgehead atoms. The van der Waals surface area contributed by atoms with E-state index in [1.54, 1.807) is 0 Å². The zero-order valence-electron chi connectivity index (χ0n) is 14.9. The monoisotopic (exact) mass is 338 g/mol. The van der Waals surface area contributed by atoms with Crippen LogP contribution in [0.3, 0.4) is 0 Å². The zero-order chi connectivity index (χ0) is 17.8. The summed E-state index contributed by atoms with van der Waals surface area (Å²) in [6.45, 7) is 4.03. The molecular formula is C21H26N2O2. The van der Waals surface area contributed by atoms with Crippen molar-refractivity contribution in [3.63, 3.8) is 0 Å². The number of hydrogen-bond donors (Lipinski definition) is 2. The average Bonchev–Trinajstić information content (AvgIpc) is 3.00.